The quantitative estimate of drug-likeness (QED) is 0.806. The first kappa shape index (κ1) is 16.5. The molecule has 0 heterocycles. The van der Waals surface area contributed by atoms with Gasteiger partial charge in [-0.3, -0.25) is 0 Å². The van der Waals surface area contributed by atoms with Crippen LogP contribution in [0.1, 0.15) is 39.2 Å². The molecule has 0 saturated heterocycles. The number of aliphatic hydroxyl groups is 1. The number of amides is 1. The van der Waals surface area contributed by atoms with Crippen molar-refractivity contribution in [1.82, 2.24) is 5.32 Å². The van der Waals surface area contributed by atoms with E-state index in [4.69, 9.17) is 4.74 Å². The fraction of sp³-hybridized carbons (Fsp3) is 0.562. The molecule has 0 aliphatic heterocycles. The molecule has 0 aromatic heterocycles. The SMILES string of the molecule is CCC[C@@H](O)[C@@H](NC(=O)OCc1ccccc1)C(C)C. The number of hydrogen-bond donors (Lipinski definition) is 2. The van der Waals surface area contributed by atoms with Crippen LogP contribution in [-0.4, -0.2) is 23.3 Å². The molecular weight excluding hydrogens is 254 g/mol. The van der Waals surface area contributed by atoms with E-state index in [1.165, 1.54) is 0 Å². The Labute approximate surface area is 121 Å². The lowest BCUT2D eigenvalue weighted by atomic mass is 9.96. The van der Waals surface area contributed by atoms with Crippen molar-refractivity contribution in [2.75, 3.05) is 0 Å². The van der Waals surface area contributed by atoms with Gasteiger partial charge in [0.2, 0.25) is 0 Å². The van der Waals surface area contributed by atoms with Gasteiger partial charge in [-0.1, -0.05) is 57.5 Å². The highest BCUT2D eigenvalue weighted by molar-refractivity contribution is 5.67. The molecule has 1 rings (SSSR count). The Kier molecular flexibility index (Phi) is 7.09. The number of benzene rings is 1. The highest BCUT2D eigenvalue weighted by Gasteiger charge is 2.24. The fourth-order valence-corrected chi connectivity index (χ4v) is 2.08. The van der Waals surface area contributed by atoms with Gasteiger partial charge in [0.25, 0.3) is 0 Å². The van der Waals surface area contributed by atoms with E-state index in [9.17, 15) is 9.90 Å². The maximum atomic E-state index is 11.8. The molecule has 4 nitrogen and oxygen atoms in total. The fourth-order valence-electron chi connectivity index (χ4n) is 2.08. The van der Waals surface area contributed by atoms with Gasteiger partial charge in [0.05, 0.1) is 12.1 Å². The molecule has 4 heteroatoms. The predicted molar refractivity (Wildman–Crippen MR) is 79.3 cm³/mol. The summed E-state index contributed by atoms with van der Waals surface area (Å²) in [4.78, 5) is 11.8. The lowest BCUT2D eigenvalue weighted by molar-refractivity contribution is 0.0806. The van der Waals surface area contributed by atoms with Crippen molar-refractivity contribution < 1.29 is 14.6 Å². The van der Waals surface area contributed by atoms with Gasteiger partial charge >= 0.3 is 6.09 Å². The Balaban J connectivity index is 2.46. The Morgan fingerprint density at radius 2 is 1.95 bits per heavy atom. The first-order chi connectivity index (χ1) is 9.54. The highest BCUT2D eigenvalue weighted by atomic mass is 16.5. The average molecular weight is 279 g/mol. The molecule has 0 aliphatic carbocycles. The summed E-state index contributed by atoms with van der Waals surface area (Å²) in [5.41, 5.74) is 0.942. The smallest absolute Gasteiger partial charge is 0.407 e. The molecule has 0 radical (unpaired) electrons. The minimum absolute atomic E-state index is 0.154. The zero-order chi connectivity index (χ0) is 15.0. The van der Waals surface area contributed by atoms with E-state index in [-0.39, 0.29) is 18.6 Å². The lowest BCUT2D eigenvalue weighted by Crippen LogP contribution is -2.46. The van der Waals surface area contributed by atoms with E-state index in [0.29, 0.717) is 6.42 Å². The summed E-state index contributed by atoms with van der Waals surface area (Å²) in [6.45, 7) is 6.19. The predicted octanol–water partition coefficient (Wildman–Crippen LogP) is 3.10. The molecule has 2 N–H and O–H groups in total. The standard InChI is InChI=1S/C16H25NO3/c1-4-8-14(18)15(12(2)3)17-16(19)20-11-13-9-6-5-7-10-13/h5-7,9-10,12,14-15,18H,4,8,11H2,1-3H3,(H,17,19)/t14-,15+/m1/s1. The van der Waals surface area contributed by atoms with E-state index in [1.54, 1.807) is 0 Å². The molecule has 0 unspecified atom stereocenters. The Morgan fingerprint density at radius 3 is 2.50 bits per heavy atom. The third kappa shape index (κ3) is 5.61. The third-order valence-corrected chi connectivity index (χ3v) is 3.21. The van der Waals surface area contributed by atoms with Crippen LogP contribution in [0.25, 0.3) is 0 Å². The summed E-state index contributed by atoms with van der Waals surface area (Å²) in [6, 6.07) is 9.24. The summed E-state index contributed by atoms with van der Waals surface area (Å²) in [5, 5.41) is 12.8. The number of nitrogens with one attached hydrogen (secondary N) is 1. The minimum Gasteiger partial charge on any atom is -0.445 e. The molecule has 0 spiro atoms. The molecule has 1 aromatic carbocycles. The zero-order valence-electron chi connectivity index (χ0n) is 12.5. The van der Waals surface area contributed by atoms with Crippen LogP contribution in [0.2, 0.25) is 0 Å². The topological polar surface area (TPSA) is 58.6 Å². The van der Waals surface area contributed by atoms with Crippen molar-refractivity contribution in [2.24, 2.45) is 5.92 Å². The van der Waals surface area contributed by atoms with Crippen molar-refractivity contribution >= 4 is 6.09 Å². The van der Waals surface area contributed by atoms with Crippen LogP contribution in [0.4, 0.5) is 4.79 Å². The van der Waals surface area contributed by atoms with Crippen LogP contribution < -0.4 is 5.32 Å². The Bertz CT molecular complexity index is 392. The van der Waals surface area contributed by atoms with Crippen molar-refractivity contribution in [3.8, 4) is 0 Å². The van der Waals surface area contributed by atoms with E-state index in [1.807, 2.05) is 51.1 Å². The molecule has 0 bridgehead atoms. The molecule has 1 amide bonds. The lowest BCUT2D eigenvalue weighted by Gasteiger charge is -2.26. The largest absolute Gasteiger partial charge is 0.445 e. The van der Waals surface area contributed by atoms with Gasteiger partial charge in [0.1, 0.15) is 6.61 Å². The number of ether oxygens (including phenoxy) is 1. The molecule has 0 fully saturated rings. The van der Waals surface area contributed by atoms with Gasteiger partial charge in [-0.05, 0) is 17.9 Å². The summed E-state index contributed by atoms with van der Waals surface area (Å²) >= 11 is 0. The molecule has 0 aliphatic rings. The molecule has 0 saturated carbocycles. The van der Waals surface area contributed by atoms with Crippen LogP contribution >= 0.6 is 0 Å². The first-order valence-electron chi connectivity index (χ1n) is 7.19. The second-order valence-corrected chi connectivity index (χ2v) is 5.33. The zero-order valence-corrected chi connectivity index (χ0v) is 12.5. The van der Waals surface area contributed by atoms with E-state index in [2.05, 4.69) is 5.32 Å². The Morgan fingerprint density at radius 1 is 1.30 bits per heavy atom. The third-order valence-electron chi connectivity index (χ3n) is 3.21. The molecule has 20 heavy (non-hydrogen) atoms. The van der Waals surface area contributed by atoms with Gasteiger partial charge in [0.15, 0.2) is 0 Å². The number of rotatable bonds is 7. The van der Waals surface area contributed by atoms with Crippen LogP contribution in [-0.2, 0) is 11.3 Å². The van der Waals surface area contributed by atoms with Gasteiger partial charge in [0, 0.05) is 0 Å². The van der Waals surface area contributed by atoms with Crippen LogP contribution in [0.3, 0.4) is 0 Å². The van der Waals surface area contributed by atoms with Crippen molar-refractivity contribution in [1.29, 1.82) is 0 Å². The van der Waals surface area contributed by atoms with E-state index in [0.717, 1.165) is 12.0 Å². The maximum absolute atomic E-state index is 11.8. The second kappa shape index (κ2) is 8.59. The Hall–Kier alpha value is -1.55. The van der Waals surface area contributed by atoms with E-state index >= 15 is 0 Å². The van der Waals surface area contributed by atoms with Gasteiger partial charge in [-0.2, -0.15) is 0 Å². The van der Waals surface area contributed by atoms with Gasteiger partial charge < -0.3 is 15.2 Å². The van der Waals surface area contributed by atoms with Crippen molar-refractivity contribution in [3.63, 3.8) is 0 Å². The van der Waals surface area contributed by atoms with E-state index < -0.39 is 12.2 Å². The van der Waals surface area contributed by atoms with Crippen LogP contribution in [0, 0.1) is 5.92 Å². The highest BCUT2D eigenvalue weighted by Crippen LogP contribution is 2.12. The normalized spacial score (nSPS) is 13.8. The number of carbonyl (C=O) groups excluding carboxylic acids is 1. The van der Waals surface area contributed by atoms with Crippen molar-refractivity contribution in [3.05, 3.63) is 35.9 Å². The first-order valence-corrected chi connectivity index (χ1v) is 7.19. The summed E-state index contributed by atoms with van der Waals surface area (Å²) < 4.78 is 5.18. The number of hydrogen-bond acceptors (Lipinski definition) is 3. The van der Waals surface area contributed by atoms with Crippen LogP contribution in [0.15, 0.2) is 30.3 Å². The summed E-state index contributed by atoms with van der Waals surface area (Å²) in [7, 11) is 0. The second-order valence-electron chi connectivity index (χ2n) is 5.33. The van der Waals surface area contributed by atoms with Gasteiger partial charge in [-0.15, -0.1) is 0 Å². The van der Waals surface area contributed by atoms with Crippen molar-refractivity contribution in [2.45, 2.75) is 52.4 Å². The summed E-state index contributed by atoms with van der Waals surface area (Å²) in [6.07, 6.45) is 0.527. The number of aliphatic hydroxyl groups excluding tert-OH is 1. The molecule has 1 aromatic rings. The van der Waals surface area contributed by atoms with Gasteiger partial charge in [-0.25, -0.2) is 4.79 Å². The number of carbonyl (C=O) groups is 1. The summed E-state index contributed by atoms with van der Waals surface area (Å²) in [5.74, 6) is 0.154. The number of alkyl carbamates (subject to hydrolysis) is 1. The molecule has 2 atom stereocenters. The minimum atomic E-state index is -0.538. The molecule has 112 valence electrons. The average Bonchev–Trinajstić information content (AvgIpc) is 2.43. The van der Waals surface area contributed by atoms with Crippen LogP contribution in [0.5, 0.6) is 0 Å². The monoisotopic (exact) mass is 279 g/mol. The molecular formula is C16H25NO3. The maximum Gasteiger partial charge on any atom is 0.407 e.